The minimum Gasteiger partial charge on any atom is -0.364 e. The maximum Gasteiger partial charge on any atom is 0.275 e. The topological polar surface area (TPSA) is 59.2 Å². The number of carbonyl (C=O) groups excluding carboxylic acids is 1. The van der Waals surface area contributed by atoms with Crippen LogP contribution in [-0.2, 0) is 6.42 Å². The highest BCUT2D eigenvalue weighted by molar-refractivity contribution is 7.11. The van der Waals surface area contributed by atoms with Gasteiger partial charge in [-0.25, -0.2) is 4.98 Å². The van der Waals surface area contributed by atoms with Crippen molar-refractivity contribution in [2.24, 2.45) is 0 Å². The lowest BCUT2D eigenvalue weighted by atomic mass is 9.90. The average Bonchev–Trinajstić information content (AvgIpc) is 3.06. The Labute approximate surface area is 121 Å². The zero-order chi connectivity index (χ0) is 14.1. The lowest BCUT2D eigenvalue weighted by Gasteiger charge is -2.26. The van der Waals surface area contributed by atoms with E-state index in [0.717, 1.165) is 17.8 Å². The average molecular weight is 291 g/mol. The molecular weight excluding hydrogens is 274 g/mol. The van der Waals surface area contributed by atoms with Crippen LogP contribution >= 0.6 is 11.3 Å². The first-order valence-electron chi connectivity index (χ1n) is 6.77. The second-order valence-corrected chi connectivity index (χ2v) is 6.49. The van der Waals surface area contributed by atoms with Gasteiger partial charge in [0.2, 0.25) is 0 Å². The summed E-state index contributed by atoms with van der Waals surface area (Å²) in [7, 11) is 1.81. The Morgan fingerprint density at radius 3 is 3.20 bits per heavy atom. The molecule has 2 aromatic rings. The SMILES string of the molecule is Cc1nc2c(s1)CCCC2CN(C)C(=O)c1ccon1. The molecule has 1 amide bonds. The first-order chi connectivity index (χ1) is 9.65. The lowest BCUT2D eigenvalue weighted by molar-refractivity contribution is 0.0772. The van der Waals surface area contributed by atoms with E-state index in [0.29, 0.717) is 18.2 Å². The molecule has 0 aromatic carbocycles. The van der Waals surface area contributed by atoms with E-state index in [1.165, 1.54) is 23.3 Å². The standard InChI is InChI=1S/C14H17N3O2S/c1-9-15-13-10(4-3-5-12(13)20-9)8-17(2)14(18)11-6-7-19-16-11/h6-7,10H,3-5,8H2,1-2H3. The molecule has 1 aliphatic rings. The molecule has 0 N–H and O–H groups in total. The molecule has 0 aliphatic heterocycles. The third-order valence-corrected chi connectivity index (χ3v) is 4.72. The van der Waals surface area contributed by atoms with Crippen molar-refractivity contribution in [3.63, 3.8) is 0 Å². The number of rotatable bonds is 3. The van der Waals surface area contributed by atoms with Gasteiger partial charge < -0.3 is 9.42 Å². The number of amides is 1. The normalized spacial score (nSPS) is 17.8. The van der Waals surface area contributed by atoms with Gasteiger partial charge in [-0.1, -0.05) is 5.16 Å². The number of fused-ring (bicyclic) bond motifs is 1. The van der Waals surface area contributed by atoms with Crippen LogP contribution in [0.4, 0.5) is 0 Å². The lowest BCUT2D eigenvalue weighted by Crippen LogP contribution is -2.32. The summed E-state index contributed by atoms with van der Waals surface area (Å²) < 4.78 is 4.73. The number of aryl methyl sites for hydroxylation is 2. The predicted molar refractivity (Wildman–Crippen MR) is 76.0 cm³/mol. The van der Waals surface area contributed by atoms with Gasteiger partial charge in [0, 0.05) is 30.5 Å². The summed E-state index contributed by atoms with van der Waals surface area (Å²) >= 11 is 1.79. The number of hydrogen-bond acceptors (Lipinski definition) is 5. The van der Waals surface area contributed by atoms with Crippen molar-refractivity contribution in [2.75, 3.05) is 13.6 Å². The molecule has 1 atom stereocenters. The van der Waals surface area contributed by atoms with Gasteiger partial charge in [-0.2, -0.15) is 0 Å². The van der Waals surface area contributed by atoms with E-state index in [1.54, 1.807) is 22.3 Å². The minimum absolute atomic E-state index is 0.0992. The summed E-state index contributed by atoms with van der Waals surface area (Å²) in [5.41, 5.74) is 1.55. The fourth-order valence-corrected chi connectivity index (χ4v) is 3.80. The van der Waals surface area contributed by atoms with E-state index in [-0.39, 0.29) is 5.91 Å². The van der Waals surface area contributed by atoms with Crippen LogP contribution in [0, 0.1) is 6.92 Å². The van der Waals surface area contributed by atoms with Crippen LogP contribution < -0.4 is 0 Å². The molecule has 5 nitrogen and oxygen atoms in total. The summed E-state index contributed by atoms with van der Waals surface area (Å²) in [5, 5.41) is 4.82. The second kappa shape index (κ2) is 5.36. The maximum atomic E-state index is 12.2. The van der Waals surface area contributed by atoms with Crippen LogP contribution in [0.25, 0.3) is 0 Å². The van der Waals surface area contributed by atoms with Gasteiger partial charge >= 0.3 is 0 Å². The molecule has 1 aliphatic carbocycles. The smallest absolute Gasteiger partial charge is 0.275 e. The van der Waals surface area contributed by atoms with E-state index in [1.807, 2.05) is 14.0 Å². The monoisotopic (exact) mass is 291 g/mol. The fourth-order valence-electron chi connectivity index (χ4n) is 2.74. The minimum atomic E-state index is -0.0992. The van der Waals surface area contributed by atoms with E-state index in [2.05, 4.69) is 10.1 Å². The van der Waals surface area contributed by atoms with Crippen LogP contribution in [-0.4, -0.2) is 34.5 Å². The van der Waals surface area contributed by atoms with Crippen LogP contribution in [0.1, 0.15) is 44.8 Å². The van der Waals surface area contributed by atoms with Crippen molar-refractivity contribution in [1.29, 1.82) is 0 Å². The first-order valence-corrected chi connectivity index (χ1v) is 7.59. The number of thiazole rings is 1. The molecule has 106 valence electrons. The van der Waals surface area contributed by atoms with Crippen LogP contribution in [0.3, 0.4) is 0 Å². The quantitative estimate of drug-likeness (QED) is 0.872. The molecular formula is C14H17N3O2S. The summed E-state index contributed by atoms with van der Waals surface area (Å²) in [4.78, 5) is 19.9. The summed E-state index contributed by atoms with van der Waals surface area (Å²) in [6.45, 7) is 2.73. The molecule has 2 aromatic heterocycles. The van der Waals surface area contributed by atoms with E-state index < -0.39 is 0 Å². The number of aromatic nitrogens is 2. The van der Waals surface area contributed by atoms with Crippen LogP contribution in [0.5, 0.6) is 0 Å². The van der Waals surface area contributed by atoms with Gasteiger partial charge in [-0.15, -0.1) is 11.3 Å². The number of carbonyl (C=O) groups is 1. The molecule has 3 rings (SSSR count). The Kier molecular flexibility index (Phi) is 3.56. The third kappa shape index (κ3) is 2.47. The zero-order valence-electron chi connectivity index (χ0n) is 11.6. The Morgan fingerprint density at radius 1 is 1.60 bits per heavy atom. The first kappa shape index (κ1) is 13.3. The van der Waals surface area contributed by atoms with Crippen molar-refractivity contribution in [2.45, 2.75) is 32.1 Å². The summed E-state index contributed by atoms with van der Waals surface area (Å²) in [5.74, 6) is 0.238. The van der Waals surface area contributed by atoms with Crippen LogP contribution in [0.2, 0.25) is 0 Å². The van der Waals surface area contributed by atoms with Crippen LogP contribution in [0.15, 0.2) is 16.9 Å². The highest BCUT2D eigenvalue weighted by Crippen LogP contribution is 2.35. The molecule has 0 spiro atoms. The van der Waals surface area contributed by atoms with Gasteiger partial charge in [0.15, 0.2) is 5.69 Å². The van der Waals surface area contributed by atoms with Crippen molar-refractivity contribution in [3.8, 4) is 0 Å². The van der Waals surface area contributed by atoms with Gasteiger partial charge in [-0.3, -0.25) is 4.79 Å². The van der Waals surface area contributed by atoms with Gasteiger partial charge in [-0.05, 0) is 26.2 Å². The van der Waals surface area contributed by atoms with Crippen molar-refractivity contribution >= 4 is 17.2 Å². The molecule has 6 heteroatoms. The molecule has 20 heavy (non-hydrogen) atoms. The van der Waals surface area contributed by atoms with Gasteiger partial charge in [0.05, 0.1) is 10.7 Å². The van der Waals surface area contributed by atoms with E-state index >= 15 is 0 Å². The van der Waals surface area contributed by atoms with E-state index in [9.17, 15) is 4.79 Å². The second-order valence-electron chi connectivity index (χ2n) is 5.20. The molecule has 2 heterocycles. The maximum absolute atomic E-state index is 12.2. The molecule has 0 bridgehead atoms. The number of likely N-dealkylation sites (N-methyl/N-ethyl adjacent to an activating group) is 1. The molecule has 0 saturated carbocycles. The van der Waals surface area contributed by atoms with Crippen molar-refractivity contribution in [1.82, 2.24) is 15.0 Å². The summed E-state index contributed by atoms with van der Waals surface area (Å²) in [6.07, 6.45) is 4.81. The highest BCUT2D eigenvalue weighted by atomic mass is 32.1. The Balaban J connectivity index is 1.74. The molecule has 0 fully saturated rings. The van der Waals surface area contributed by atoms with E-state index in [4.69, 9.17) is 4.52 Å². The Bertz CT molecular complexity index is 606. The third-order valence-electron chi connectivity index (χ3n) is 3.68. The highest BCUT2D eigenvalue weighted by Gasteiger charge is 2.27. The van der Waals surface area contributed by atoms with Crippen molar-refractivity contribution < 1.29 is 9.32 Å². The molecule has 0 saturated heterocycles. The predicted octanol–water partition coefficient (Wildman–Crippen LogP) is 2.63. The summed E-state index contributed by atoms with van der Waals surface area (Å²) in [6, 6.07) is 1.60. The largest absolute Gasteiger partial charge is 0.364 e. The Hall–Kier alpha value is -1.69. The molecule has 0 radical (unpaired) electrons. The van der Waals surface area contributed by atoms with Gasteiger partial charge in [0.25, 0.3) is 5.91 Å². The zero-order valence-corrected chi connectivity index (χ0v) is 12.4. The molecule has 1 unspecified atom stereocenters. The number of hydrogen-bond donors (Lipinski definition) is 0. The fraction of sp³-hybridized carbons (Fsp3) is 0.500. The van der Waals surface area contributed by atoms with Gasteiger partial charge in [0.1, 0.15) is 6.26 Å². The number of nitrogens with zero attached hydrogens (tertiary/aromatic N) is 3. The Morgan fingerprint density at radius 2 is 2.45 bits per heavy atom. The van der Waals surface area contributed by atoms with Crippen molar-refractivity contribution in [3.05, 3.63) is 33.6 Å².